The van der Waals surface area contributed by atoms with Crippen LogP contribution in [0.25, 0.3) is 0 Å². The Morgan fingerprint density at radius 1 is 1.24 bits per heavy atom. The van der Waals surface area contributed by atoms with Crippen LogP contribution in [0.4, 0.5) is 0 Å². The number of carbonyl (C=O) groups is 1. The van der Waals surface area contributed by atoms with Crippen LogP contribution in [0.2, 0.25) is 0 Å². The maximum absolute atomic E-state index is 11.9. The van der Waals surface area contributed by atoms with Crippen molar-refractivity contribution in [2.75, 3.05) is 12.0 Å². The summed E-state index contributed by atoms with van der Waals surface area (Å²) in [5.74, 6) is 0.704. The van der Waals surface area contributed by atoms with E-state index in [-0.39, 0.29) is 5.78 Å². The number of hydrogen-bond donors (Lipinski definition) is 0. The van der Waals surface area contributed by atoms with E-state index in [1.54, 1.807) is 34.9 Å². The zero-order valence-corrected chi connectivity index (χ0v) is 11.8. The summed E-state index contributed by atoms with van der Waals surface area (Å²) < 4.78 is 1.19. The zero-order valence-electron chi connectivity index (χ0n) is 9.38. The van der Waals surface area contributed by atoms with Gasteiger partial charge in [-0.1, -0.05) is 18.2 Å². The molecule has 2 rings (SSSR count). The van der Waals surface area contributed by atoms with Gasteiger partial charge in [0.05, 0.1) is 9.96 Å². The SMILES string of the molecule is CSc1ccc(C(=O)CSc2cccs2)cc1. The molecular formula is C13H12OS3. The molecule has 0 saturated heterocycles. The van der Waals surface area contributed by atoms with E-state index in [1.807, 2.05) is 48.0 Å². The second kappa shape index (κ2) is 6.28. The van der Waals surface area contributed by atoms with Crippen molar-refractivity contribution in [3.05, 3.63) is 47.3 Å². The molecule has 1 nitrogen and oxygen atoms in total. The zero-order chi connectivity index (χ0) is 12.1. The second-order valence-corrected chi connectivity index (χ2v) is 6.48. The molecule has 0 atom stereocenters. The average Bonchev–Trinajstić information content (AvgIpc) is 2.89. The van der Waals surface area contributed by atoms with Gasteiger partial charge in [0.1, 0.15) is 0 Å². The highest BCUT2D eigenvalue weighted by Crippen LogP contribution is 2.24. The standard InChI is InChI=1S/C13H12OS3/c1-15-11-6-4-10(5-7-11)12(14)9-17-13-3-2-8-16-13/h2-8H,9H2,1H3. The van der Waals surface area contributed by atoms with Crippen LogP contribution in [0.5, 0.6) is 0 Å². The van der Waals surface area contributed by atoms with Gasteiger partial charge in [-0.15, -0.1) is 34.9 Å². The average molecular weight is 280 g/mol. The number of ketones is 1. The van der Waals surface area contributed by atoms with Crippen LogP contribution in [0, 0.1) is 0 Å². The van der Waals surface area contributed by atoms with E-state index in [2.05, 4.69) is 0 Å². The number of rotatable bonds is 5. The van der Waals surface area contributed by atoms with Gasteiger partial charge in [-0.05, 0) is 29.8 Å². The molecule has 0 spiro atoms. The molecule has 0 fully saturated rings. The fourth-order valence-corrected chi connectivity index (χ4v) is 3.43. The van der Waals surface area contributed by atoms with Crippen molar-refractivity contribution in [3.8, 4) is 0 Å². The van der Waals surface area contributed by atoms with E-state index in [1.165, 1.54) is 9.10 Å². The summed E-state index contributed by atoms with van der Waals surface area (Å²) >= 11 is 4.96. The molecule has 0 amide bonds. The minimum atomic E-state index is 0.191. The van der Waals surface area contributed by atoms with Gasteiger partial charge in [-0.2, -0.15) is 0 Å². The lowest BCUT2D eigenvalue weighted by Crippen LogP contribution is -2.01. The van der Waals surface area contributed by atoms with Gasteiger partial charge in [0.2, 0.25) is 0 Å². The molecule has 0 bridgehead atoms. The molecule has 2 aromatic rings. The van der Waals surface area contributed by atoms with Gasteiger partial charge in [0.25, 0.3) is 0 Å². The first-order valence-electron chi connectivity index (χ1n) is 5.13. The smallest absolute Gasteiger partial charge is 0.173 e. The summed E-state index contributed by atoms with van der Waals surface area (Å²) in [5, 5.41) is 2.03. The van der Waals surface area contributed by atoms with Crippen molar-refractivity contribution in [1.82, 2.24) is 0 Å². The highest BCUT2D eigenvalue weighted by Gasteiger charge is 2.06. The van der Waals surface area contributed by atoms with E-state index in [0.29, 0.717) is 5.75 Å². The van der Waals surface area contributed by atoms with Crippen molar-refractivity contribution in [3.63, 3.8) is 0 Å². The Labute approximate surface area is 114 Å². The number of thioether (sulfide) groups is 2. The van der Waals surface area contributed by atoms with Crippen LogP contribution < -0.4 is 0 Å². The van der Waals surface area contributed by atoms with Crippen LogP contribution in [-0.2, 0) is 0 Å². The highest BCUT2D eigenvalue weighted by atomic mass is 32.2. The summed E-state index contributed by atoms with van der Waals surface area (Å²) in [6.07, 6.45) is 2.03. The third-order valence-corrected chi connectivity index (χ3v) is 5.13. The van der Waals surface area contributed by atoms with Crippen LogP contribution >= 0.6 is 34.9 Å². The van der Waals surface area contributed by atoms with Gasteiger partial charge < -0.3 is 0 Å². The van der Waals surface area contributed by atoms with Crippen LogP contribution in [0.3, 0.4) is 0 Å². The quantitative estimate of drug-likeness (QED) is 0.595. The Hall–Kier alpha value is -0.710. The monoisotopic (exact) mass is 280 g/mol. The Morgan fingerprint density at radius 3 is 2.59 bits per heavy atom. The molecule has 0 N–H and O–H groups in total. The van der Waals surface area contributed by atoms with Crippen molar-refractivity contribution >= 4 is 40.6 Å². The van der Waals surface area contributed by atoms with E-state index in [9.17, 15) is 4.79 Å². The molecule has 1 aromatic heterocycles. The highest BCUT2D eigenvalue weighted by molar-refractivity contribution is 8.01. The summed E-state index contributed by atoms with van der Waals surface area (Å²) in [7, 11) is 0. The second-order valence-electron chi connectivity index (χ2n) is 3.37. The number of thiophene rings is 1. The maximum atomic E-state index is 11.9. The number of carbonyl (C=O) groups excluding carboxylic acids is 1. The Bertz CT molecular complexity index is 474. The third-order valence-electron chi connectivity index (χ3n) is 2.25. The van der Waals surface area contributed by atoms with E-state index >= 15 is 0 Å². The molecule has 0 saturated carbocycles. The molecule has 4 heteroatoms. The number of Topliss-reactive ketones (excluding diaryl/α,β-unsaturated/α-hetero) is 1. The fourth-order valence-electron chi connectivity index (χ4n) is 1.34. The molecule has 1 heterocycles. The minimum absolute atomic E-state index is 0.191. The van der Waals surface area contributed by atoms with Crippen molar-refractivity contribution in [1.29, 1.82) is 0 Å². The van der Waals surface area contributed by atoms with Crippen LogP contribution in [0.15, 0.2) is 50.9 Å². The number of hydrogen-bond acceptors (Lipinski definition) is 4. The maximum Gasteiger partial charge on any atom is 0.173 e. The predicted octanol–water partition coefficient (Wildman–Crippen LogP) is 4.45. The summed E-state index contributed by atoms with van der Waals surface area (Å²) in [4.78, 5) is 13.1. The first-order chi connectivity index (χ1) is 8.29. The van der Waals surface area contributed by atoms with Gasteiger partial charge in [-0.25, -0.2) is 0 Å². The normalized spacial score (nSPS) is 10.4. The lowest BCUT2D eigenvalue weighted by Gasteiger charge is -2.01. The third kappa shape index (κ3) is 3.63. The predicted molar refractivity (Wildman–Crippen MR) is 77.6 cm³/mol. The number of benzene rings is 1. The van der Waals surface area contributed by atoms with E-state index in [4.69, 9.17) is 0 Å². The van der Waals surface area contributed by atoms with Gasteiger partial charge in [0.15, 0.2) is 5.78 Å². The van der Waals surface area contributed by atoms with Crippen LogP contribution in [-0.4, -0.2) is 17.8 Å². The van der Waals surface area contributed by atoms with Crippen molar-refractivity contribution in [2.45, 2.75) is 9.10 Å². The van der Waals surface area contributed by atoms with Crippen molar-refractivity contribution < 1.29 is 4.79 Å². The molecule has 0 unspecified atom stereocenters. The molecule has 17 heavy (non-hydrogen) atoms. The lowest BCUT2D eigenvalue weighted by molar-refractivity contribution is 0.102. The first-order valence-corrected chi connectivity index (χ1v) is 8.22. The molecule has 88 valence electrons. The summed E-state index contributed by atoms with van der Waals surface area (Å²) in [6, 6.07) is 11.8. The molecule has 0 aliphatic heterocycles. The molecule has 0 radical (unpaired) electrons. The Balaban J connectivity index is 1.95. The topological polar surface area (TPSA) is 17.1 Å². The minimum Gasteiger partial charge on any atom is -0.293 e. The molecular weight excluding hydrogens is 268 g/mol. The molecule has 1 aromatic carbocycles. The van der Waals surface area contributed by atoms with E-state index < -0.39 is 0 Å². The van der Waals surface area contributed by atoms with Gasteiger partial charge in [0, 0.05) is 10.5 Å². The fraction of sp³-hybridized carbons (Fsp3) is 0.154. The van der Waals surface area contributed by atoms with Gasteiger partial charge >= 0.3 is 0 Å². The van der Waals surface area contributed by atoms with E-state index in [0.717, 1.165) is 5.56 Å². The largest absolute Gasteiger partial charge is 0.293 e. The molecule has 0 aliphatic carbocycles. The van der Waals surface area contributed by atoms with Crippen molar-refractivity contribution in [2.24, 2.45) is 0 Å². The Kier molecular flexibility index (Phi) is 4.71. The van der Waals surface area contributed by atoms with Crippen LogP contribution in [0.1, 0.15) is 10.4 Å². The van der Waals surface area contributed by atoms with Gasteiger partial charge in [-0.3, -0.25) is 4.79 Å². The summed E-state index contributed by atoms with van der Waals surface area (Å²) in [6.45, 7) is 0. The lowest BCUT2D eigenvalue weighted by atomic mass is 10.1. The molecule has 0 aliphatic rings. The first kappa shape index (κ1) is 12.7. The Morgan fingerprint density at radius 2 is 2.00 bits per heavy atom. The summed E-state index contributed by atoms with van der Waals surface area (Å²) in [5.41, 5.74) is 0.798.